The van der Waals surface area contributed by atoms with Crippen molar-refractivity contribution in [3.63, 3.8) is 0 Å². The Labute approximate surface area is 194 Å². The third-order valence-electron chi connectivity index (χ3n) is 6.12. The molecule has 0 radical (unpaired) electrons. The molecule has 1 amide bonds. The van der Waals surface area contributed by atoms with Crippen molar-refractivity contribution < 1.29 is 9.90 Å². The van der Waals surface area contributed by atoms with Gasteiger partial charge in [-0.3, -0.25) is 0 Å². The number of carbonyl (C=O) groups is 1. The maximum atomic E-state index is 13.4. The molecule has 1 aromatic carbocycles. The number of hydrogen-bond donors (Lipinski definition) is 1. The molecule has 1 unspecified atom stereocenters. The zero-order valence-electron chi connectivity index (χ0n) is 17.3. The summed E-state index contributed by atoms with van der Waals surface area (Å²) in [5, 5.41) is 10.3. The van der Waals surface area contributed by atoms with Crippen LogP contribution in [0.4, 0.5) is 10.6 Å². The van der Waals surface area contributed by atoms with Gasteiger partial charge in [-0.2, -0.15) is 4.98 Å². The monoisotopic (exact) mass is 473 g/mol. The molecule has 1 atom stereocenters. The lowest BCUT2D eigenvalue weighted by Gasteiger charge is -2.39. The maximum absolute atomic E-state index is 13.4. The minimum Gasteiger partial charge on any atom is -0.465 e. The van der Waals surface area contributed by atoms with Gasteiger partial charge in [0.25, 0.3) is 0 Å². The van der Waals surface area contributed by atoms with Crippen molar-refractivity contribution in [3.05, 3.63) is 56.6 Å². The number of rotatable bonds is 3. The molecule has 2 aliphatic rings. The van der Waals surface area contributed by atoms with E-state index >= 15 is 0 Å². The summed E-state index contributed by atoms with van der Waals surface area (Å²) in [5.74, 6) is 0.855. The number of fused-ring (bicyclic) bond motifs is 1. The van der Waals surface area contributed by atoms with Gasteiger partial charge in [-0.25, -0.2) is 19.1 Å². The van der Waals surface area contributed by atoms with E-state index in [-0.39, 0.29) is 16.2 Å². The third kappa shape index (κ3) is 3.57. The molecular weight excluding hydrogens is 453 g/mol. The Hall–Kier alpha value is -2.84. The van der Waals surface area contributed by atoms with Gasteiger partial charge in [0.05, 0.1) is 16.1 Å². The normalized spacial score (nSPS) is 18.9. The average Bonchev–Trinajstić information content (AvgIpc) is 3.60. The highest BCUT2D eigenvalue weighted by molar-refractivity contribution is 6.41. The highest BCUT2D eigenvalue weighted by Gasteiger charge is 2.31. The molecule has 2 aromatic heterocycles. The Bertz CT molecular complexity index is 1290. The van der Waals surface area contributed by atoms with E-state index in [2.05, 4.69) is 9.97 Å². The largest absolute Gasteiger partial charge is 0.465 e. The fraction of sp³-hybridized carbons (Fsp3) is 0.364. The minimum absolute atomic E-state index is 0.108. The summed E-state index contributed by atoms with van der Waals surface area (Å²) < 4.78 is 1.51. The molecule has 1 aliphatic heterocycles. The molecular formula is C22H21Cl2N5O3. The molecule has 0 spiro atoms. The van der Waals surface area contributed by atoms with Crippen LogP contribution in [-0.2, 0) is 0 Å². The lowest BCUT2D eigenvalue weighted by atomic mass is 10.1. The van der Waals surface area contributed by atoms with Crippen molar-refractivity contribution in [2.45, 2.75) is 31.7 Å². The van der Waals surface area contributed by atoms with Crippen molar-refractivity contribution in [1.82, 2.24) is 19.4 Å². The number of para-hydroxylation sites is 1. The van der Waals surface area contributed by atoms with Gasteiger partial charge in [0.1, 0.15) is 11.0 Å². The quantitative estimate of drug-likeness (QED) is 0.574. The number of nitrogens with zero attached hydrogens (tertiary/aromatic N) is 5. The summed E-state index contributed by atoms with van der Waals surface area (Å²) in [6, 6.07) is 9.28. The number of halogens is 2. The summed E-state index contributed by atoms with van der Waals surface area (Å²) in [4.78, 5) is 37.0. The first kappa shape index (κ1) is 21.0. The van der Waals surface area contributed by atoms with Crippen LogP contribution >= 0.6 is 23.2 Å². The number of benzene rings is 1. The van der Waals surface area contributed by atoms with Crippen LogP contribution in [0.15, 0.2) is 35.1 Å². The lowest BCUT2D eigenvalue weighted by Crippen LogP contribution is -2.54. The SMILES string of the molecule is CC1CN(C(=O)O)CCN1c1nc(=O)n(-c2ccccc2C2CC2)c2nc(Cl)c(Cl)cc12. The Kier molecular flexibility index (Phi) is 5.22. The molecule has 1 N–H and O–H groups in total. The van der Waals surface area contributed by atoms with Crippen molar-refractivity contribution in [1.29, 1.82) is 0 Å². The summed E-state index contributed by atoms with van der Waals surface area (Å²) in [5.41, 5.74) is 1.76. The van der Waals surface area contributed by atoms with Gasteiger partial charge < -0.3 is 14.9 Å². The molecule has 3 heterocycles. The van der Waals surface area contributed by atoms with Crippen LogP contribution in [0.1, 0.15) is 31.2 Å². The predicted molar refractivity (Wildman–Crippen MR) is 124 cm³/mol. The molecule has 1 saturated heterocycles. The van der Waals surface area contributed by atoms with Crippen LogP contribution in [0.3, 0.4) is 0 Å². The number of anilines is 1. The van der Waals surface area contributed by atoms with E-state index in [0.717, 1.165) is 24.1 Å². The smallest absolute Gasteiger partial charge is 0.407 e. The van der Waals surface area contributed by atoms with E-state index in [1.54, 1.807) is 6.07 Å². The Morgan fingerprint density at radius 2 is 1.91 bits per heavy atom. The van der Waals surface area contributed by atoms with E-state index in [4.69, 9.17) is 23.2 Å². The summed E-state index contributed by atoms with van der Waals surface area (Å²) in [6.45, 7) is 2.92. The highest BCUT2D eigenvalue weighted by Crippen LogP contribution is 2.43. The van der Waals surface area contributed by atoms with Gasteiger partial charge in [0, 0.05) is 25.7 Å². The molecule has 32 heavy (non-hydrogen) atoms. The summed E-state index contributed by atoms with van der Waals surface area (Å²) in [7, 11) is 0. The molecule has 2 fully saturated rings. The van der Waals surface area contributed by atoms with E-state index in [1.165, 1.54) is 9.47 Å². The maximum Gasteiger partial charge on any atom is 0.407 e. The summed E-state index contributed by atoms with van der Waals surface area (Å²) >= 11 is 12.6. The van der Waals surface area contributed by atoms with Crippen molar-refractivity contribution in [2.75, 3.05) is 24.5 Å². The number of amides is 1. The average molecular weight is 474 g/mol. The fourth-order valence-electron chi connectivity index (χ4n) is 4.40. The van der Waals surface area contributed by atoms with Crippen molar-refractivity contribution in [3.8, 4) is 5.69 Å². The second-order valence-electron chi connectivity index (χ2n) is 8.29. The third-order valence-corrected chi connectivity index (χ3v) is 6.80. The van der Waals surface area contributed by atoms with E-state index < -0.39 is 11.8 Å². The molecule has 10 heteroatoms. The topological polar surface area (TPSA) is 91.6 Å². The minimum atomic E-state index is -0.960. The zero-order chi connectivity index (χ0) is 22.6. The van der Waals surface area contributed by atoms with Gasteiger partial charge in [0.15, 0.2) is 5.65 Å². The molecule has 5 rings (SSSR count). The van der Waals surface area contributed by atoms with Crippen LogP contribution in [-0.4, -0.2) is 56.3 Å². The molecule has 1 aliphatic carbocycles. The lowest BCUT2D eigenvalue weighted by molar-refractivity contribution is 0.136. The van der Waals surface area contributed by atoms with E-state index in [9.17, 15) is 14.7 Å². The van der Waals surface area contributed by atoms with Crippen LogP contribution in [0.5, 0.6) is 0 Å². The number of aromatic nitrogens is 3. The van der Waals surface area contributed by atoms with Gasteiger partial charge >= 0.3 is 11.8 Å². The van der Waals surface area contributed by atoms with Crippen molar-refractivity contribution >= 4 is 46.1 Å². The molecule has 8 nitrogen and oxygen atoms in total. The van der Waals surface area contributed by atoms with Gasteiger partial charge in [-0.05, 0) is 43.4 Å². The highest BCUT2D eigenvalue weighted by atomic mass is 35.5. The molecule has 166 valence electrons. The van der Waals surface area contributed by atoms with Gasteiger partial charge in [0.2, 0.25) is 0 Å². The second kappa shape index (κ2) is 7.94. The first-order valence-corrected chi connectivity index (χ1v) is 11.2. The predicted octanol–water partition coefficient (Wildman–Crippen LogP) is 4.15. The number of pyridine rings is 1. The Balaban J connectivity index is 1.71. The summed E-state index contributed by atoms with van der Waals surface area (Å²) in [6.07, 6.45) is 1.21. The van der Waals surface area contributed by atoms with Crippen LogP contribution in [0.2, 0.25) is 10.2 Å². The van der Waals surface area contributed by atoms with Gasteiger partial charge in [-0.1, -0.05) is 41.4 Å². The van der Waals surface area contributed by atoms with Crippen LogP contribution < -0.4 is 10.6 Å². The van der Waals surface area contributed by atoms with Gasteiger partial charge in [-0.15, -0.1) is 0 Å². The molecule has 1 saturated carbocycles. The van der Waals surface area contributed by atoms with E-state index in [0.29, 0.717) is 42.4 Å². The van der Waals surface area contributed by atoms with Crippen molar-refractivity contribution in [2.24, 2.45) is 0 Å². The van der Waals surface area contributed by atoms with E-state index in [1.807, 2.05) is 36.1 Å². The first-order valence-electron chi connectivity index (χ1n) is 10.5. The van der Waals surface area contributed by atoms with Crippen LogP contribution in [0.25, 0.3) is 16.7 Å². The molecule has 3 aromatic rings. The Morgan fingerprint density at radius 1 is 1.16 bits per heavy atom. The van der Waals surface area contributed by atoms with Crippen LogP contribution in [0, 0.1) is 0 Å². The number of piperazine rings is 1. The fourth-order valence-corrected chi connectivity index (χ4v) is 4.68. The Morgan fingerprint density at radius 3 is 2.59 bits per heavy atom. The zero-order valence-corrected chi connectivity index (χ0v) is 18.8. The first-order chi connectivity index (χ1) is 15.3. The number of hydrogen-bond acceptors (Lipinski definition) is 5. The standard InChI is InChI=1S/C22H21Cl2N5O3/c1-12-11-27(22(31)32)8-9-28(12)19-15-10-16(23)18(24)25-20(15)29(21(30)26-19)17-5-3-2-4-14(17)13-6-7-13/h2-5,10,12-13H,6-9,11H2,1H3,(H,31,32). The second-order valence-corrected chi connectivity index (χ2v) is 9.05. The number of carboxylic acid groups (broad SMARTS) is 1. The molecule has 0 bridgehead atoms.